The summed E-state index contributed by atoms with van der Waals surface area (Å²) in [6.45, 7) is 0.686. The summed E-state index contributed by atoms with van der Waals surface area (Å²) in [6.07, 6.45) is 4.36. The standard InChI is InChI=1S/C13H15N5O2/c19-12(7-9-6-11(20-16-9)8-3-4-8)18-5-1-2-10-13(18)15-17-14-10/h6,8H,1-5,7H2,(H,14,15,17). The zero-order valence-corrected chi connectivity index (χ0v) is 11.0. The van der Waals surface area contributed by atoms with E-state index in [0.29, 0.717) is 24.0 Å². The Morgan fingerprint density at radius 1 is 1.45 bits per heavy atom. The number of carbonyl (C=O) groups excluding carboxylic acids is 1. The number of hydrogen-bond donors (Lipinski definition) is 1. The first kappa shape index (κ1) is 11.6. The molecule has 2 aromatic rings. The van der Waals surface area contributed by atoms with Crippen LogP contribution in [0.15, 0.2) is 10.6 Å². The fourth-order valence-corrected chi connectivity index (χ4v) is 2.61. The molecule has 0 bridgehead atoms. The maximum absolute atomic E-state index is 12.4. The molecular formula is C13H15N5O2. The van der Waals surface area contributed by atoms with E-state index in [1.165, 1.54) is 0 Å². The van der Waals surface area contributed by atoms with Crippen molar-refractivity contribution in [1.82, 2.24) is 20.6 Å². The van der Waals surface area contributed by atoms with Crippen LogP contribution < -0.4 is 4.90 Å². The van der Waals surface area contributed by atoms with Gasteiger partial charge in [-0.05, 0) is 25.7 Å². The van der Waals surface area contributed by atoms with Crippen LogP contribution in [0.5, 0.6) is 0 Å². The number of anilines is 1. The number of hydrogen-bond acceptors (Lipinski definition) is 5. The predicted octanol–water partition coefficient (Wildman–Crippen LogP) is 1.19. The first-order chi connectivity index (χ1) is 9.81. The maximum Gasteiger partial charge on any atom is 0.234 e. The fraction of sp³-hybridized carbons (Fsp3) is 0.538. The van der Waals surface area contributed by atoms with Gasteiger partial charge in [0, 0.05) is 18.5 Å². The summed E-state index contributed by atoms with van der Waals surface area (Å²) in [7, 11) is 0. The molecular weight excluding hydrogens is 258 g/mol. The molecule has 0 unspecified atom stereocenters. The predicted molar refractivity (Wildman–Crippen MR) is 69.2 cm³/mol. The zero-order valence-electron chi connectivity index (χ0n) is 11.0. The third-order valence-electron chi connectivity index (χ3n) is 3.84. The summed E-state index contributed by atoms with van der Waals surface area (Å²) in [5.74, 6) is 2.08. The summed E-state index contributed by atoms with van der Waals surface area (Å²) in [5.41, 5.74) is 1.57. The lowest BCUT2D eigenvalue weighted by Crippen LogP contribution is -2.36. The second-order valence-electron chi connectivity index (χ2n) is 5.41. The summed E-state index contributed by atoms with van der Waals surface area (Å²) < 4.78 is 5.28. The molecule has 1 saturated carbocycles. The Balaban J connectivity index is 1.50. The van der Waals surface area contributed by atoms with Crippen molar-refractivity contribution in [2.24, 2.45) is 0 Å². The van der Waals surface area contributed by atoms with Gasteiger partial charge in [-0.2, -0.15) is 10.3 Å². The molecule has 20 heavy (non-hydrogen) atoms. The van der Waals surface area contributed by atoms with E-state index in [1.807, 2.05) is 6.07 Å². The molecule has 0 spiro atoms. The van der Waals surface area contributed by atoms with Gasteiger partial charge in [-0.15, -0.1) is 5.10 Å². The smallest absolute Gasteiger partial charge is 0.234 e. The van der Waals surface area contributed by atoms with Crippen LogP contribution in [-0.4, -0.2) is 33.0 Å². The molecule has 2 aromatic heterocycles. The molecule has 0 aromatic carbocycles. The van der Waals surface area contributed by atoms with E-state index >= 15 is 0 Å². The van der Waals surface area contributed by atoms with E-state index in [2.05, 4.69) is 20.6 Å². The van der Waals surface area contributed by atoms with Gasteiger partial charge in [-0.3, -0.25) is 9.69 Å². The molecule has 104 valence electrons. The normalized spacial score (nSPS) is 18.1. The van der Waals surface area contributed by atoms with E-state index in [-0.39, 0.29) is 12.3 Å². The van der Waals surface area contributed by atoms with Crippen molar-refractivity contribution in [3.8, 4) is 0 Å². The van der Waals surface area contributed by atoms with Gasteiger partial charge >= 0.3 is 0 Å². The number of aromatic nitrogens is 4. The van der Waals surface area contributed by atoms with Crippen molar-refractivity contribution in [1.29, 1.82) is 0 Å². The summed E-state index contributed by atoms with van der Waals surface area (Å²) in [4.78, 5) is 14.1. The number of rotatable bonds is 3. The molecule has 1 aliphatic carbocycles. The van der Waals surface area contributed by atoms with Crippen LogP contribution in [0.3, 0.4) is 0 Å². The lowest BCUT2D eigenvalue weighted by molar-refractivity contribution is -0.118. The van der Waals surface area contributed by atoms with Crippen molar-refractivity contribution >= 4 is 11.7 Å². The fourth-order valence-electron chi connectivity index (χ4n) is 2.61. The summed E-state index contributed by atoms with van der Waals surface area (Å²) in [5, 5.41) is 14.7. The van der Waals surface area contributed by atoms with Gasteiger partial charge in [-0.1, -0.05) is 5.16 Å². The molecule has 7 heteroatoms. The van der Waals surface area contributed by atoms with Crippen molar-refractivity contribution in [2.45, 2.75) is 38.0 Å². The van der Waals surface area contributed by atoms with Crippen LogP contribution in [-0.2, 0) is 17.6 Å². The third-order valence-corrected chi connectivity index (χ3v) is 3.84. The Hall–Kier alpha value is -2.18. The van der Waals surface area contributed by atoms with E-state index < -0.39 is 0 Å². The molecule has 1 N–H and O–H groups in total. The van der Waals surface area contributed by atoms with Crippen LogP contribution in [0, 0.1) is 0 Å². The maximum atomic E-state index is 12.4. The first-order valence-corrected chi connectivity index (χ1v) is 6.97. The largest absolute Gasteiger partial charge is 0.361 e. The molecule has 3 heterocycles. The quantitative estimate of drug-likeness (QED) is 0.907. The SMILES string of the molecule is O=C(Cc1cc(C2CC2)on1)N1CCCc2n[nH]nc21. The highest BCUT2D eigenvalue weighted by molar-refractivity contribution is 5.94. The number of fused-ring (bicyclic) bond motifs is 1. The molecule has 0 atom stereocenters. The molecule has 2 aliphatic rings. The van der Waals surface area contributed by atoms with Gasteiger partial charge in [0.2, 0.25) is 5.91 Å². The topological polar surface area (TPSA) is 87.9 Å². The summed E-state index contributed by atoms with van der Waals surface area (Å²) in [6, 6.07) is 1.91. The molecule has 0 saturated heterocycles. The highest BCUT2D eigenvalue weighted by Crippen LogP contribution is 2.40. The Bertz CT molecular complexity index is 643. The average molecular weight is 273 g/mol. The lowest BCUT2D eigenvalue weighted by atomic mass is 10.1. The monoisotopic (exact) mass is 273 g/mol. The minimum Gasteiger partial charge on any atom is -0.361 e. The van der Waals surface area contributed by atoms with E-state index in [4.69, 9.17) is 4.52 Å². The Labute approximate surface area is 115 Å². The van der Waals surface area contributed by atoms with Gasteiger partial charge in [0.1, 0.15) is 11.5 Å². The Kier molecular flexibility index (Phi) is 2.58. The van der Waals surface area contributed by atoms with Gasteiger partial charge < -0.3 is 4.52 Å². The number of aromatic amines is 1. The second-order valence-corrected chi connectivity index (χ2v) is 5.41. The number of amides is 1. The summed E-state index contributed by atoms with van der Waals surface area (Å²) >= 11 is 0. The van der Waals surface area contributed by atoms with Gasteiger partial charge in [-0.25, -0.2) is 0 Å². The number of carbonyl (C=O) groups is 1. The molecule has 1 fully saturated rings. The first-order valence-electron chi connectivity index (χ1n) is 6.97. The van der Waals surface area contributed by atoms with Crippen molar-refractivity contribution in [2.75, 3.05) is 11.4 Å². The third kappa shape index (κ3) is 1.99. The van der Waals surface area contributed by atoms with E-state index in [1.54, 1.807) is 4.90 Å². The minimum absolute atomic E-state index is 0.00417. The van der Waals surface area contributed by atoms with Gasteiger partial charge in [0.25, 0.3) is 0 Å². The van der Waals surface area contributed by atoms with Crippen LogP contribution in [0.4, 0.5) is 5.82 Å². The van der Waals surface area contributed by atoms with Gasteiger partial charge in [0.05, 0.1) is 12.1 Å². The Morgan fingerprint density at radius 3 is 3.20 bits per heavy atom. The molecule has 1 amide bonds. The average Bonchev–Trinajstić information content (AvgIpc) is 3.00. The van der Waals surface area contributed by atoms with Crippen LogP contribution in [0.1, 0.15) is 42.3 Å². The highest BCUT2D eigenvalue weighted by atomic mass is 16.5. The number of aryl methyl sites for hydroxylation is 1. The highest BCUT2D eigenvalue weighted by Gasteiger charge is 2.30. The van der Waals surface area contributed by atoms with Crippen LogP contribution >= 0.6 is 0 Å². The van der Waals surface area contributed by atoms with Crippen LogP contribution in [0.25, 0.3) is 0 Å². The lowest BCUT2D eigenvalue weighted by Gasteiger charge is -2.24. The molecule has 7 nitrogen and oxygen atoms in total. The Morgan fingerprint density at radius 2 is 2.35 bits per heavy atom. The van der Waals surface area contributed by atoms with Crippen LogP contribution in [0.2, 0.25) is 0 Å². The van der Waals surface area contributed by atoms with Crippen molar-refractivity contribution in [3.63, 3.8) is 0 Å². The minimum atomic E-state index is -0.00417. The van der Waals surface area contributed by atoms with Gasteiger partial charge in [0.15, 0.2) is 5.82 Å². The molecule has 4 rings (SSSR count). The van der Waals surface area contributed by atoms with E-state index in [9.17, 15) is 4.79 Å². The van der Waals surface area contributed by atoms with Crippen molar-refractivity contribution in [3.05, 3.63) is 23.2 Å². The number of H-pyrrole nitrogens is 1. The van der Waals surface area contributed by atoms with Crippen molar-refractivity contribution < 1.29 is 9.32 Å². The van der Waals surface area contributed by atoms with E-state index in [0.717, 1.165) is 37.1 Å². The number of nitrogens with one attached hydrogen (secondary N) is 1. The molecule has 0 radical (unpaired) electrons. The molecule has 1 aliphatic heterocycles. The zero-order chi connectivity index (χ0) is 13.5. The second kappa shape index (κ2) is 4.43. The number of nitrogens with zero attached hydrogens (tertiary/aromatic N) is 4.